The van der Waals surface area contributed by atoms with Gasteiger partial charge in [0.05, 0.1) is 5.56 Å². The minimum Gasteiger partial charge on any atom is -1.00 e. The summed E-state index contributed by atoms with van der Waals surface area (Å²) in [6.07, 6.45) is 1.87. The highest BCUT2D eigenvalue weighted by atomic mass is 35.5. The van der Waals surface area contributed by atoms with Gasteiger partial charge in [0.25, 0.3) is 0 Å². The summed E-state index contributed by atoms with van der Waals surface area (Å²) in [6.45, 7) is 4.36. The summed E-state index contributed by atoms with van der Waals surface area (Å²) in [4.78, 5) is 14.3. The Kier molecular flexibility index (Phi) is 5.83. The van der Waals surface area contributed by atoms with Crippen LogP contribution in [0.2, 0.25) is 0 Å². The van der Waals surface area contributed by atoms with Crippen molar-refractivity contribution in [2.24, 2.45) is 0 Å². The van der Waals surface area contributed by atoms with Gasteiger partial charge in [-0.1, -0.05) is 18.2 Å². The molecule has 1 fully saturated rings. The third-order valence-corrected chi connectivity index (χ3v) is 3.88. The fourth-order valence-corrected chi connectivity index (χ4v) is 2.51. The summed E-state index contributed by atoms with van der Waals surface area (Å²) < 4.78 is 5.60. The van der Waals surface area contributed by atoms with Gasteiger partial charge in [-0.15, -0.1) is 0 Å². The second kappa shape index (κ2) is 6.92. The molecule has 2 rings (SSSR count). The average molecular weight is 283 g/mol. The average Bonchev–Trinajstić information content (AvgIpc) is 2.37. The summed E-state index contributed by atoms with van der Waals surface area (Å²) in [6, 6.07) is 10.1. The van der Waals surface area contributed by atoms with Crippen molar-refractivity contribution in [3.63, 3.8) is 0 Å². The first-order valence-electron chi connectivity index (χ1n) is 6.56. The number of nitrogens with zero attached hydrogens (tertiary/aromatic N) is 1. The Hall–Kier alpha value is -1.06. The topological polar surface area (TPSA) is 29.5 Å². The van der Waals surface area contributed by atoms with E-state index < -0.39 is 0 Å². The number of rotatable bonds is 2. The molecular formula is C15H21ClNO2-. The predicted octanol–water partition coefficient (Wildman–Crippen LogP) is -0.281. The molecule has 2 atom stereocenters. The molecule has 1 saturated heterocycles. The van der Waals surface area contributed by atoms with Gasteiger partial charge in [-0.25, -0.2) is 4.79 Å². The summed E-state index contributed by atoms with van der Waals surface area (Å²) >= 11 is 0. The van der Waals surface area contributed by atoms with Crippen LogP contribution in [-0.4, -0.2) is 36.1 Å². The molecule has 0 bridgehead atoms. The summed E-state index contributed by atoms with van der Waals surface area (Å²) in [5, 5.41) is 0. The molecule has 106 valence electrons. The second-order valence-electron chi connectivity index (χ2n) is 5.23. The van der Waals surface area contributed by atoms with Gasteiger partial charge in [0, 0.05) is 12.1 Å². The smallest absolute Gasteiger partial charge is 0.338 e. The highest BCUT2D eigenvalue weighted by Gasteiger charge is 2.30. The fourth-order valence-electron chi connectivity index (χ4n) is 2.51. The standard InChI is InChI=1S/C15H21NO2.ClH/c1-11-9-14(10-12(2)16(11)3)18-15(17)13-7-5-4-6-8-13;/h4-8,11-12,14H,9-10H2,1-3H3;1H/p-1. The van der Waals surface area contributed by atoms with Gasteiger partial charge < -0.3 is 22.0 Å². The molecule has 4 heteroatoms. The number of benzene rings is 1. The molecule has 1 aromatic rings. The fraction of sp³-hybridized carbons (Fsp3) is 0.533. The van der Waals surface area contributed by atoms with E-state index in [0.29, 0.717) is 17.6 Å². The van der Waals surface area contributed by atoms with E-state index in [9.17, 15) is 4.79 Å². The lowest BCUT2D eigenvalue weighted by Crippen LogP contribution is -3.00. The highest BCUT2D eigenvalue weighted by molar-refractivity contribution is 5.89. The van der Waals surface area contributed by atoms with E-state index in [1.807, 2.05) is 18.2 Å². The number of likely N-dealkylation sites (tertiary alicyclic amines) is 1. The Morgan fingerprint density at radius 2 is 1.68 bits per heavy atom. The van der Waals surface area contributed by atoms with E-state index in [1.54, 1.807) is 12.1 Å². The second-order valence-corrected chi connectivity index (χ2v) is 5.23. The van der Waals surface area contributed by atoms with Crippen LogP contribution in [0, 0.1) is 0 Å². The van der Waals surface area contributed by atoms with Crippen molar-refractivity contribution in [2.75, 3.05) is 7.05 Å². The van der Waals surface area contributed by atoms with Crippen LogP contribution in [0.1, 0.15) is 37.0 Å². The molecule has 1 aliphatic rings. The van der Waals surface area contributed by atoms with Crippen LogP contribution < -0.4 is 12.4 Å². The van der Waals surface area contributed by atoms with E-state index in [4.69, 9.17) is 4.74 Å². The maximum absolute atomic E-state index is 12.0. The molecule has 0 N–H and O–H groups in total. The first kappa shape index (κ1) is 16.0. The molecule has 0 amide bonds. The number of halogens is 1. The number of carbonyl (C=O) groups is 1. The van der Waals surface area contributed by atoms with Crippen LogP contribution in [0.5, 0.6) is 0 Å². The largest absolute Gasteiger partial charge is 1.00 e. The number of piperidine rings is 1. The zero-order chi connectivity index (χ0) is 13.1. The Morgan fingerprint density at radius 3 is 2.21 bits per heavy atom. The van der Waals surface area contributed by atoms with Crippen molar-refractivity contribution in [1.82, 2.24) is 4.90 Å². The lowest BCUT2D eigenvalue weighted by molar-refractivity contribution is -0.00977. The molecule has 19 heavy (non-hydrogen) atoms. The van der Waals surface area contributed by atoms with E-state index in [2.05, 4.69) is 25.8 Å². The molecule has 0 saturated carbocycles. The molecule has 1 heterocycles. The lowest BCUT2D eigenvalue weighted by atomic mass is 9.95. The van der Waals surface area contributed by atoms with E-state index in [0.717, 1.165) is 12.8 Å². The van der Waals surface area contributed by atoms with Crippen molar-refractivity contribution >= 4 is 5.97 Å². The summed E-state index contributed by atoms with van der Waals surface area (Å²) in [7, 11) is 2.13. The van der Waals surface area contributed by atoms with Gasteiger partial charge in [-0.3, -0.25) is 0 Å². The van der Waals surface area contributed by atoms with E-state index in [1.165, 1.54) is 0 Å². The van der Waals surface area contributed by atoms with E-state index in [-0.39, 0.29) is 24.5 Å². The Balaban J connectivity index is 0.00000180. The molecule has 0 aromatic heterocycles. The molecule has 2 unspecified atom stereocenters. The first-order chi connectivity index (χ1) is 8.58. The van der Waals surface area contributed by atoms with Crippen LogP contribution in [0.15, 0.2) is 30.3 Å². The predicted molar refractivity (Wildman–Crippen MR) is 71.6 cm³/mol. The Labute approximate surface area is 121 Å². The van der Waals surface area contributed by atoms with Crippen molar-refractivity contribution in [1.29, 1.82) is 0 Å². The van der Waals surface area contributed by atoms with Crippen molar-refractivity contribution < 1.29 is 21.9 Å². The third-order valence-electron chi connectivity index (χ3n) is 3.88. The zero-order valence-corrected chi connectivity index (χ0v) is 12.4. The van der Waals surface area contributed by atoms with Crippen molar-refractivity contribution in [3.8, 4) is 0 Å². The van der Waals surface area contributed by atoms with Gasteiger partial charge in [0.15, 0.2) is 0 Å². The van der Waals surface area contributed by atoms with Gasteiger partial charge in [0.2, 0.25) is 0 Å². The number of esters is 1. The third kappa shape index (κ3) is 3.95. The Morgan fingerprint density at radius 1 is 1.16 bits per heavy atom. The number of carbonyl (C=O) groups excluding carboxylic acids is 1. The lowest BCUT2D eigenvalue weighted by Gasteiger charge is -2.39. The number of hydrogen-bond acceptors (Lipinski definition) is 3. The maximum atomic E-state index is 12.0. The van der Waals surface area contributed by atoms with Gasteiger partial charge in [-0.2, -0.15) is 0 Å². The number of ether oxygens (including phenoxy) is 1. The van der Waals surface area contributed by atoms with Crippen LogP contribution >= 0.6 is 0 Å². The van der Waals surface area contributed by atoms with Crippen LogP contribution in [0.25, 0.3) is 0 Å². The summed E-state index contributed by atoms with van der Waals surface area (Å²) in [5.74, 6) is -0.204. The van der Waals surface area contributed by atoms with Crippen molar-refractivity contribution in [3.05, 3.63) is 35.9 Å². The van der Waals surface area contributed by atoms with Crippen molar-refractivity contribution in [2.45, 2.75) is 44.9 Å². The Bertz CT molecular complexity index is 398. The summed E-state index contributed by atoms with van der Waals surface area (Å²) in [5.41, 5.74) is 0.636. The minimum atomic E-state index is -0.204. The monoisotopic (exact) mass is 282 g/mol. The maximum Gasteiger partial charge on any atom is 0.338 e. The molecule has 3 nitrogen and oxygen atoms in total. The van der Waals surface area contributed by atoms with Gasteiger partial charge in [0.1, 0.15) is 6.10 Å². The molecule has 1 aromatic carbocycles. The minimum absolute atomic E-state index is 0. The van der Waals surface area contributed by atoms with Gasteiger partial charge in [-0.05, 0) is 45.9 Å². The van der Waals surface area contributed by atoms with E-state index >= 15 is 0 Å². The number of hydrogen-bond donors (Lipinski definition) is 0. The molecule has 1 aliphatic heterocycles. The zero-order valence-electron chi connectivity index (χ0n) is 11.7. The van der Waals surface area contributed by atoms with Crippen LogP contribution in [0.4, 0.5) is 0 Å². The molecule has 0 radical (unpaired) electrons. The molecule has 0 aliphatic carbocycles. The SMILES string of the molecule is CC1CC(OC(=O)c2ccccc2)CC(C)N1C.[Cl-]. The first-order valence-corrected chi connectivity index (χ1v) is 6.56. The quantitative estimate of drug-likeness (QED) is 0.699. The molecule has 0 spiro atoms. The highest BCUT2D eigenvalue weighted by Crippen LogP contribution is 2.24. The van der Waals surface area contributed by atoms with Crippen LogP contribution in [-0.2, 0) is 4.74 Å². The normalized spacial score (nSPS) is 27.4. The molecular weight excluding hydrogens is 262 g/mol. The van der Waals surface area contributed by atoms with Gasteiger partial charge >= 0.3 is 5.97 Å². The van der Waals surface area contributed by atoms with Crippen LogP contribution in [0.3, 0.4) is 0 Å².